The van der Waals surface area contributed by atoms with E-state index in [1.807, 2.05) is 10.9 Å². The second-order valence-corrected chi connectivity index (χ2v) is 6.19. The largest absolute Gasteiger partial charge is 0.309 e. The van der Waals surface area contributed by atoms with Crippen LogP contribution in [0, 0.1) is 12.8 Å². The van der Waals surface area contributed by atoms with Gasteiger partial charge in [0.25, 0.3) is 0 Å². The number of nitrogens with zero attached hydrogens (tertiary/aromatic N) is 2. The Morgan fingerprint density at radius 3 is 2.43 bits per heavy atom. The van der Waals surface area contributed by atoms with Gasteiger partial charge in [0.15, 0.2) is 0 Å². The van der Waals surface area contributed by atoms with Crippen molar-refractivity contribution in [1.29, 1.82) is 0 Å². The topological polar surface area (TPSA) is 29.9 Å². The van der Waals surface area contributed by atoms with Gasteiger partial charge in [-0.1, -0.05) is 45.0 Å². The number of hydrogen-bond acceptors (Lipinski definition) is 2. The highest BCUT2D eigenvalue weighted by Crippen LogP contribution is 2.17. The molecular weight excluding hydrogens is 258 g/mol. The molecular formula is C18H27N3. The first-order valence-corrected chi connectivity index (χ1v) is 7.89. The Bertz CT molecular complexity index is 540. The van der Waals surface area contributed by atoms with Crippen LogP contribution in [0.2, 0.25) is 0 Å². The van der Waals surface area contributed by atoms with Crippen LogP contribution in [-0.2, 0) is 13.0 Å². The minimum Gasteiger partial charge on any atom is -0.309 e. The van der Waals surface area contributed by atoms with Crippen LogP contribution in [0.4, 0.5) is 0 Å². The fraction of sp³-hybridized carbons (Fsp3) is 0.500. The van der Waals surface area contributed by atoms with Gasteiger partial charge < -0.3 is 5.32 Å². The van der Waals surface area contributed by atoms with Crippen LogP contribution in [0.3, 0.4) is 0 Å². The van der Waals surface area contributed by atoms with Crippen molar-refractivity contribution in [3.8, 4) is 0 Å². The first-order valence-electron chi connectivity index (χ1n) is 7.89. The van der Waals surface area contributed by atoms with E-state index in [4.69, 9.17) is 0 Å². The molecule has 0 radical (unpaired) electrons. The van der Waals surface area contributed by atoms with E-state index in [2.05, 4.69) is 68.6 Å². The molecule has 1 heterocycles. The van der Waals surface area contributed by atoms with Crippen LogP contribution in [-0.4, -0.2) is 16.3 Å². The Kier molecular flexibility index (Phi) is 5.57. The number of benzene rings is 1. The Hall–Kier alpha value is -1.61. The maximum Gasteiger partial charge on any atom is 0.0604 e. The van der Waals surface area contributed by atoms with Crippen molar-refractivity contribution in [3.05, 3.63) is 53.3 Å². The summed E-state index contributed by atoms with van der Waals surface area (Å²) in [4.78, 5) is 0. The van der Waals surface area contributed by atoms with E-state index < -0.39 is 0 Å². The summed E-state index contributed by atoms with van der Waals surface area (Å²) in [5.41, 5.74) is 3.95. The predicted octanol–water partition coefficient (Wildman–Crippen LogP) is 3.74. The Labute approximate surface area is 128 Å². The number of likely N-dealkylation sites (N-methyl/N-ethyl adjacent to an activating group) is 1. The van der Waals surface area contributed by atoms with Gasteiger partial charge in [-0.3, -0.25) is 4.68 Å². The highest BCUT2D eigenvalue weighted by molar-refractivity contribution is 5.25. The summed E-state index contributed by atoms with van der Waals surface area (Å²) in [6, 6.07) is 9.33. The first kappa shape index (κ1) is 15.8. The van der Waals surface area contributed by atoms with E-state index in [0.29, 0.717) is 12.0 Å². The molecule has 0 aliphatic heterocycles. The highest BCUT2D eigenvalue weighted by atomic mass is 15.3. The molecule has 0 fully saturated rings. The Morgan fingerprint density at radius 2 is 1.90 bits per heavy atom. The highest BCUT2D eigenvalue weighted by Gasteiger charge is 2.11. The molecule has 1 aromatic heterocycles. The Morgan fingerprint density at radius 1 is 1.19 bits per heavy atom. The summed E-state index contributed by atoms with van der Waals surface area (Å²) < 4.78 is 2.02. The molecule has 1 N–H and O–H groups in total. The summed E-state index contributed by atoms with van der Waals surface area (Å²) >= 11 is 0. The second-order valence-electron chi connectivity index (χ2n) is 6.19. The summed E-state index contributed by atoms with van der Waals surface area (Å²) in [5, 5.41) is 7.95. The molecule has 114 valence electrons. The van der Waals surface area contributed by atoms with Crippen molar-refractivity contribution >= 4 is 0 Å². The van der Waals surface area contributed by atoms with Gasteiger partial charge in [-0.05, 0) is 42.5 Å². The van der Waals surface area contributed by atoms with Crippen molar-refractivity contribution in [2.75, 3.05) is 6.54 Å². The zero-order valence-electron chi connectivity index (χ0n) is 13.6. The van der Waals surface area contributed by atoms with Gasteiger partial charge in [0.05, 0.1) is 18.8 Å². The molecule has 0 bridgehead atoms. The summed E-state index contributed by atoms with van der Waals surface area (Å²) in [6.07, 6.45) is 5.15. The molecule has 1 atom stereocenters. The van der Waals surface area contributed by atoms with E-state index in [-0.39, 0.29) is 0 Å². The monoisotopic (exact) mass is 285 g/mol. The van der Waals surface area contributed by atoms with Crippen LogP contribution in [0.25, 0.3) is 0 Å². The van der Waals surface area contributed by atoms with Crippen molar-refractivity contribution < 1.29 is 0 Å². The third-order valence-corrected chi connectivity index (χ3v) is 3.61. The zero-order chi connectivity index (χ0) is 15.2. The molecule has 2 rings (SSSR count). The lowest BCUT2D eigenvalue weighted by Crippen LogP contribution is -2.25. The smallest absolute Gasteiger partial charge is 0.0604 e. The normalized spacial score (nSPS) is 12.8. The maximum absolute atomic E-state index is 4.40. The fourth-order valence-electron chi connectivity index (χ4n) is 2.65. The standard InChI is InChI=1S/C18H27N3/c1-5-19-18(13-21-12-15(4)11-20-21)17-8-6-16(7-9-17)10-14(2)3/h6-9,11-12,14,18-19H,5,10,13H2,1-4H3. The number of aryl methyl sites for hydroxylation is 1. The predicted molar refractivity (Wildman–Crippen MR) is 88.4 cm³/mol. The average Bonchev–Trinajstić information content (AvgIpc) is 2.84. The van der Waals surface area contributed by atoms with Gasteiger partial charge in [-0.15, -0.1) is 0 Å². The summed E-state index contributed by atoms with van der Waals surface area (Å²) in [7, 11) is 0. The van der Waals surface area contributed by atoms with E-state index in [0.717, 1.165) is 19.5 Å². The van der Waals surface area contributed by atoms with Crippen LogP contribution in [0.15, 0.2) is 36.7 Å². The lowest BCUT2D eigenvalue weighted by Gasteiger charge is -2.19. The first-order chi connectivity index (χ1) is 10.1. The molecule has 1 aromatic carbocycles. The number of rotatable bonds is 7. The molecule has 3 nitrogen and oxygen atoms in total. The van der Waals surface area contributed by atoms with E-state index in [1.165, 1.54) is 16.7 Å². The van der Waals surface area contributed by atoms with Gasteiger partial charge in [-0.2, -0.15) is 5.10 Å². The van der Waals surface area contributed by atoms with Crippen LogP contribution in [0.5, 0.6) is 0 Å². The van der Waals surface area contributed by atoms with E-state index >= 15 is 0 Å². The SMILES string of the molecule is CCNC(Cn1cc(C)cn1)c1ccc(CC(C)C)cc1. The maximum atomic E-state index is 4.40. The van der Waals surface area contributed by atoms with Crippen molar-refractivity contribution in [1.82, 2.24) is 15.1 Å². The lowest BCUT2D eigenvalue weighted by molar-refractivity contribution is 0.448. The molecule has 0 aliphatic rings. The van der Waals surface area contributed by atoms with E-state index in [9.17, 15) is 0 Å². The third-order valence-electron chi connectivity index (χ3n) is 3.61. The van der Waals surface area contributed by atoms with Crippen molar-refractivity contribution in [2.24, 2.45) is 5.92 Å². The molecule has 3 heteroatoms. The van der Waals surface area contributed by atoms with Crippen molar-refractivity contribution in [2.45, 2.75) is 46.7 Å². The minimum absolute atomic E-state index is 0.308. The van der Waals surface area contributed by atoms with E-state index in [1.54, 1.807) is 0 Å². The zero-order valence-corrected chi connectivity index (χ0v) is 13.6. The third kappa shape index (κ3) is 4.71. The van der Waals surface area contributed by atoms with Gasteiger partial charge in [0.1, 0.15) is 0 Å². The van der Waals surface area contributed by atoms with Gasteiger partial charge >= 0.3 is 0 Å². The fourth-order valence-corrected chi connectivity index (χ4v) is 2.65. The number of hydrogen-bond donors (Lipinski definition) is 1. The lowest BCUT2D eigenvalue weighted by atomic mass is 9.99. The molecule has 0 amide bonds. The molecule has 2 aromatic rings. The average molecular weight is 285 g/mol. The van der Waals surface area contributed by atoms with Gasteiger partial charge in [0, 0.05) is 6.20 Å². The number of aromatic nitrogens is 2. The molecule has 0 spiro atoms. The van der Waals surface area contributed by atoms with Crippen LogP contribution in [0.1, 0.15) is 43.5 Å². The molecule has 1 unspecified atom stereocenters. The van der Waals surface area contributed by atoms with Gasteiger partial charge in [-0.25, -0.2) is 0 Å². The molecule has 0 saturated heterocycles. The Balaban J connectivity index is 2.10. The molecule has 0 aliphatic carbocycles. The summed E-state index contributed by atoms with van der Waals surface area (Å²) in [5.74, 6) is 0.701. The second kappa shape index (κ2) is 7.41. The molecule has 0 saturated carbocycles. The minimum atomic E-state index is 0.308. The van der Waals surface area contributed by atoms with Crippen LogP contribution < -0.4 is 5.32 Å². The number of nitrogens with one attached hydrogen (secondary N) is 1. The van der Waals surface area contributed by atoms with Crippen LogP contribution >= 0.6 is 0 Å². The quantitative estimate of drug-likeness (QED) is 0.840. The van der Waals surface area contributed by atoms with Crippen molar-refractivity contribution in [3.63, 3.8) is 0 Å². The summed E-state index contributed by atoms with van der Waals surface area (Å²) in [6.45, 7) is 10.6. The van der Waals surface area contributed by atoms with Gasteiger partial charge in [0.2, 0.25) is 0 Å². The molecule has 21 heavy (non-hydrogen) atoms.